The number of carbonyl (C=O) groups is 1. The van der Waals surface area contributed by atoms with Gasteiger partial charge in [-0.2, -0.15) is 4.98 Å². The predicted molar refractivity (Wildman–Crippen MR) is 85.4 cm³/mol. The summed E-state index contributed by atoms with van der Waals surface area (Å²) in [5, 5.41) is 16.8. The van der Waals surface area contributed by atoms with Crippen molar-refractivity contribution in [2.24, 2.45) is 5.92 Å². The Labute approximate surface area is 134 Å². The highest BCUT2D eigenvalue weighted by Gasteiger charge is 2.25. The molecule has 2 aromatic rings. The topological polar surface area (TPSA) is 91.5 Å². The van der Waals surface area contributed by atoms with Gasteiger partial charge in [-0.25, -0.2) is 4.79 Å². The largest absolute Gasteiger partial charge is 0.465 e. The monoisotopic (exact) mass is 316 g/mol. The second-order valence-electron chi connectivity index (χ2n) is 5.75. The van der Waals surface area contributed by atoms with Crippen molar-refractivity contribution in [1.82, 2.24) is 15.5 Å². The Morgan fingerprint density at radius 1 is 1.39 bits per heavy atom. The van der Waals surface area contributed by atoms with E-state index >= 15 is 0 Å². The molecule has 122 valence electrons. The van der Waals surface area contributed by atoms with Gasteiger partial charge in [0.1, 0.15) is 0 Å². The molecule has 3 rings (SSSR count). The van der Waals surface area contributed by atoms with Crippen LogP contribution in [0.4, 0.5) is 10.5 Å². The molecule has 7 nitrogen and oxygen atoms in total. The molecule has 1 fully saturated rings. The summed E-state index contributed by atoms with van der Waals surface area (Å²) in [6, 6.07) is 7.24. The Morgan fingerprint density at radius 3 is 2.78 bits per heavy atom. The Kier molecular flexibility index (Phi) is 4.57. The zero-order valence-corrected chi connectivity index (χ0v) is 13.0. The first-order chi connectivity index (χ1) is 11.1. The molecule has 0 saturated carbocycles. The van der Waals surface area contributed by atoms with Crippen molar-refractivity contribution < 1.29 is 14.4 Å². The molecule has 1 amide bonds. The van der Waals surface area contributed by atoms with Crippen LogP contribution in [0.25, 0.3) is 11.5 Å². The first kappa shape index (κ1) is 15.5. The Bertz CT molecular complexity index is 679. The molecular weight excluding hydrogens is 296 g/mol. The molecule has 2 heterocycles. The number of hydrogen-bond donors (Lipinski definition) is 2. The average Bonchev–Trinajstić information content (AvgIpc) is 3.00. The molecule has 0 unspecified atom stereocenters. The fourth-order valence-electron chi connectivity index (χ4n) is 2.90. The lowest BCUT2D eigenvalue weighted by molar-refractivity contribution is 0.199. The number of hydrogen-bond acceptors (Lipinski definition) is 5. The van der Waals surface area contributed by atoms with Gasteiger partial charge < -0.3 is 14.9 Å². The van der Waals surface area contributed by atoms with Crippen LogP contribution in [-0.4, -0.2) is 41.0 Å². The fourth-order valence-corrected chi connectivity index (χ4v) is 2.90. The SMILES string of the molecule is Cc1noc(-c2ccccc2N(CC2CCNCC2)C(=O)O)n1. The lowest BCUT2D eigenvalue weighted by Crippen LogP contribution is -2.39. The van der Waals surface area contributed by atoms with Crippen LogP contribution in [-0.2, 0) is 0 Å². The summed E-state index contributed by atoms with van der Waals surface area (Å²) >= 11 is 0. The standard InChI is InChI=1S/C16H20N4O3/c1-11-18-15(23-19-11)13-4-2-3-5-14(13)20(16(21)22)10-12-6-8-17-9-7-12/h2-5,12,17H,6-10H2,1H3,(H,21,22). The zero-order chi connectivity index (χ0) is 16.2. The highest BCUT2D eigenvalue weighted by molar-refractivity contribution is 5.91. The van der Waals surface area contributed by atoms with Crippen LogP contribution >= 0.6 is 0 Å². The zero-order valence-electron chi connectivity index (χ0n) is 13.0. The molecule has 1 aromatic carbocycles. The van der Waals surface area contributed by atoms with E-state index in [9.17, 15) is 9.90 Å². The number of anilines is 1. The molecule has 0 bridgehead atoms. The van der Waals surface area contributed by atoms with Gasteiger partial charge in [0.15, 0.2) is 5.82 Å². The average molecular weight is 316 g/mol. The van der Waals surface area contributed by atoms with Crippen LogP contribution in [0, 0.1) is 12.8 Å². The first-order valence-electron chi connectivity index (χ1n) is 7.76. The highest BCUT2D eigenvalue weighted by atomic mass is 16.5. The second-order valence-corrected chi connectivity index (χ2v) is 5.75. The van der Waals surface area contributed by atoms with Crippen molar-refractivity contribution in [3.8, 4) is 11.5 Å². The van der Waals surface area contributed by atoms with Gasteiger partial charge in [-0.1, -0.05) is 17.3 Å². The third kappa shape index (κ3) is 3.50. The summed E-state index contributed by atoms with van der Waals surface area (Å²) in [6.45, 7) is 4.08. The van der Waals surface area contributed by atoms with E-state index in [1.807, 2.05) is 12.1 Å². The molecule has 2 N–H and O–H groups in total. The van der Waals surface area contributed by atoms with Gasteiger partial charge in [0.25, 0.3) is 5.89 Å². The van der Waals surface area contributed by atoms with Gasteiger partial charge in [-0.15, -0.1) is 0 Å². The number of aryl methyl sites for hydroxylation is 1. The van der Waals surface area contributed by atoms with Gasteiger partial charge >= 0.3 is 6.09 Å². The maximum Gasteiger partial charge on any atom is 0.411 e. The number of rotatable bonds is 4. The number of aromatic nitrogens is 2. The number of para-hydroxylation sites is 1. The summed E-state index contributed by atoms with van der Waals surface area (Å²) in [7, 11) is 0. The molecule has 1 aliphatic rings. The van der Waals surface area contributed by atoms with Crippen molar-refractivity contribution in [2.75, 3.05) is 24.5 Å². The molecule has 0 atom stereocenters. The van der Waals surface area contributed by atoms with Crippen LogP contribution in [0.5, 0.6) is 0 Å². The maximum absolute atomic E-state index is 11.8. The molecule has 0 aliphatic carbocycles. The van der Waals surface area contributed by atoms with Crippen LogP contribution < -0.4 is 10.2 Å². The smallest absolute Gasteiger partial charge is 0.411 e. The van der Waals surface area contributed by atoms with Crippen LogP contribution in [0.3, 0.4) is 0 Å². The Hall–Kier alpha value is -2.41. The normalized spacial score (nSPS) is 15.5. The van der Waals surface area contributed by atoms with E-state index in [-0.39, 0.29) is 0 Å². The van der Waals surface area contributed by atoms with Crippen LogP contribution in [0.1, 0.15) is 18.7 Å². The fraction of sp³-hybridized carbons (Fsp3) is 0.438. The third-order valence-corrected chi connectivity index (χ3v) is 4.08. The molecule has 1 aliphatic heterocycles. The summed E-state index contributed by atoms with van der Waals surface area (Å²) in [5.74, 6) is 1.22. The minimum Gasteiger partial charge on any atom is -0.465 e. The predicted octanol–water partition coefficient (Wildman–Crippen LogP) is 2.53. The van der Waals surface area contributed by atoms with E-state index in [1.54, 1.807) is 19.1 Å². The van der Waals surface area contributed by atoms with E-state index in [0.29, 0.717) is 35.4 Å². The van der Waals surface area contributed by atoms with Crippen molar-refractivity contribution in [3.63, 3.8) is 0 Å². The molecule has 7 heteroatoms. The molecule has 0 spiro atoms. The molecule has 0 radical (unpaired) electrons. The first-order valence-corrected chi connectivity index (χ1v) is 7.76. The number of benzene rings is 1. The number of carboxylic acid groups (broad SMARTS) is 1. The number of nitrogens with one attached hydrogen (secondary N) is 1. The minimum absolute atomic E-state index is 0.342. The maximum atomic E-state index is 11.8. The van der Waals surface area contributed by atoms with Gasteiger partial charge in [0.2, 0.25) is 0 Å². The lowest BCUT2D eigenvalue weighted by atomic mass is 9.97. The highest BCUT2D eigenvalue weighted by Crippen LogP contribution is 2.31. The minimum atomic E-state index is -0.966. The van der Waals surface area contributed by atoms with E-state index < -0.39 is 6.09 Å². The van der Waals surface area contributed by atoms with E-state index in [4.69, 9.17) is 4.52 Å². The summed E-state index contributed by atoms with van der Waals surface area (Å²) in [4.78, 5) is 17.4. The summed E-state index contributed by atoms with van der Waals surface area (Å²) in [6.07, 6.45) is 0.990. The molecule has 23 heavy (non-hydrogen) atoms. The van der Waals surface area contributed by atoms with E-state index in [1.165, 1.54) is 4.90 Å². The van der Waals surface area contributed by atoms with E-state index in [2.05, 4.69) is 15.5 Å². The van der Waals surface area contributed by atoms with Crippen LogP contribution in [0.15, 0.2) is 28.8 Å². The van der Waals surface area contributed by atoms with Crippen molar-refractivity contribution in [3.05, 3.63) is 30.1 Å². The Balaban J connectivity index is 1.91. The second kappa shape index (κ2) is 6.78. The van der Waals surface area contributed by atoms with Gasteiger partial charge in [-0.3, -0.25) is 4.90 Å². The lowest BCUT2D eigenvalue weighted by Gasteiger charge is -2.29. The Morgan fingerprint density at radius 2 is 2.13 bits per heavy atom. The third-order valence-electron chi connectivity index (χ3n) is 4.08. The van der Waals surface area contributed by atoms with Crippen molar-refractivity contribution in [2.45, 2.75) is 19.8 Å². The molecule has 1 saturated heterocycles. The molecule has 1 aromatic heterocycles. The van der Waals surface area contributed by atoms with Crippen molar-refractivity contribution in [1.29, 1.82) is 0 Å². The van der Waals surface area contributed by atoms with Crippen molar-refractivity contribution >= 4 is 11.8 Å². The number of nitrogens with zero attached hydrogens (tertiary/aromatic N) is 3. The van der Waals surface area contributed by atoms with Crippen LogP contribution in [0.2, 0.25) is 0 Å². The van der Waals surface area contributed by atoms with Gasteiger partial charge in [0, 0.05) is 6.54 Å². The summed E-state index contributed by atoms with van der Waals surface area (Å²) in [5.41, 5.74) is 1.23. The van der Waals surface area contributed by atoms with E-state index in [0.717, 1.165) is 25.9 Å². The summed E-state index contributed by atoms with van der Waals surface area (Å²) < 4.78 is 5.22. The quantitative estimate of drug-likeness (QED) is 0.900. The number of amides is 1. The van der Waals surface area contributed by atoms with Gasteiger partial charge in [-0.05, 0) is 50.9 Å². The van der Waals surface area contributed by atoms with Gasteiger partial charge in [0.05, 0.1) is 11.3 Å². The number of piperidine rings is 1. The molecular formula is C16H20N4O3.